The zero-order chi connectivity index (χ0) is 16.1. The Morgan fingerprint density at radius 3 is 3.00 bits per heavy atom. The Labute approximate surface area is 133 Å². The molecule has 1 amide bonds. The number of hydrogen-bond acceptors (Lipinski definition) is 7. The zero-order valence-electron chi connectivity index (χ0n) is 13.0. The summed E-state index contributed by atoms with van der Waals surface area (Å²) in [6.45, 7) is 5.23. The van der Waals surface area contributed by atoms with Crippen LogP contribution in [0.2, 0.25) is 0 Å². The maximum atomic E-state index is 11.2. The van der Waals surface area contributed by atoms with Crippen molar-refractivity contribution in [2.45, 2.75) is 0 Å². The van der Waals surface area contributed by atoms with Crippen molar-refractivity contribution in [3.8, 4) is 0 Å². The lowest BCUT2D eigenvalue weighted by molar-refractivity contribution is 0.0398. The van der Waals surface area contributed by atoms with E-state index in [1.165, 1.54) is 7.11 Å². The van der Waals surface area contributed by atoms with Crippen molar-refractivity contribution in [1.29, 1.82) is 0 Å². The fourth-order valence-electron chi connectivity index (χ4n) is 2.47. The van der Waals surface area contributed by atoms with Gasteiger partial charge in [0.25, 0.3) is 0 Å². The maximum Gasteiger partial charge on any atom is 0.411 e. The van der Waals surface area contributed by atoms with E-state index in [0.717, 1.165) is 44.8 Å². The van der Waals surface area contributed by atoms with Crippen LogP contribution in [0.25, 0.3) is 11.0 Å². The van der Waals surface area contributed by atoms with Crippen LogP contribution in [0.3, 0.4) is 0 Å². The van der Waals surface area contributed by atoms with Crippen molar-refractivity contribution < 1.29 is 18.8 Å². The van der Waals surface area contributed by atoms with Crippen LogP contribution in [0.5, 0.6) is 0 Å². The maximum absolute atomic E-state index is 11.2. The molecule has 8 nitrogen and oxygen atoms in total. The van der Waals surface area contributed by atoms with Gasteiger partial charge < -0.3 is 19.3 Å². The van der Waals surface area contributed by atoms with Crippen LogP contribution < -0.4 is 10.6 Å². The Kier molecular flexibility index (Phi) is 4.94. The first kappa shape index (κ1) is 15.6. The van der Waals surface area contributed by atoms with E-state index in [1.807, 2.05) is 6.07 Å². The molecule has 0 radical (unpaired) electrons. The van der Waals surface area contributed by atoms with Gasteiger partial charge in [-0.2, -0.15) is 0 Å². The van der Waals surface area contributed by atoms with E-state index >= 15 is 0 Å². The van der Waals surface area contributed by atoms with E-state index in [4.69, 9.17) is 9.26 Å². The van der Waals surface area contributed by atoms with Crippen LogP contribution >= 0.6 is 0 Å². The second-order valence-electron chi connectivity index (χ2n) is 5.24. The minimum atomic E-state index is -0.521. The Balaban J connectivity index is 1.59. The van der Waals surface area contributed by atoms with Gasteiger partial charge in [-0.1, -0.05) is 5.16 Å². The number of morpholine rings is 1. The largest absolute Gasteiger partial charge is 0.453 e. The van der Waals surface area contributed by atoms with Gasteiger partial charge in [0, 0.05) is 37.9 Å². The van der Waals surface area contributed by atoms with Crippen LogP contribution in [0.15, 0.2) is 22.7 Å². The fraction of sp³-hybridized carbons (Fsp3) is 0.467. The van der Waals surface area contributed by atoms with Crippen molar-refractivity contribution in [3.05, 3.63) is 18.2 Å². The van der Waals surface area contributed by atoms with Gasteiger partial charge in [0.2, 0.25) is 0 Å². The van der Waals surface area contributed by atoms with Crippen LogP contribution in [-0.4, -0.2) is 62.7 Å². The molecule has 0 atom stereocenters. The lowest BCUT2D eigenvalue weighted by Gasteiger charge is -2.26. The molecule has 0 bridgehead atoms. The van der Waals surface area contributed by atoms with E-state index in [9.17, 15) is 4.79 Å². The highest BCUT2D eigenvalue weighted by molar-refractivity contribution is 5.93. The van der Waals surface area contributed by atoms with Gasteiger partial charge in [-0.25, -0.2) is 4.79 Å². The monoisotopic (exact) mass is 320 g/mol. The molecule has 0 spiro atoms. The van der Waals surface area contributed by atoms with Gasteiger partial charge in [0.1, 0.15) is 0 Å². The number of carbonyl (C=O) groups excluding carboxylic acids is 1. The number of ether oxygens (including phenoxy) is 2. The van der Waals surface area contributed by atoms with Crippen molar-refractivity contribution in [1.82, 2.24) is 10.1 Å². The third kappa shape index (κ3) is 3.91. The number of carbonyl (C=O) groups is 1. The number of methoxy groups -OCH3 is 1. The molecule has 1 saturated heterocycles. The number of hydrogen-bond donors (Lipinski definition) is 2. The van der Waals surface area contributed by atoms with E-state index in [2.05, 4.69) is 25.4 Å². The highest BCUT2D eigenvalue weighted by Gasteiger charge is 2.12. The van der Waals surface area contributed by atoms with E-state index < -0.39 is 6.09 Å². The predicted molar refractivity (Wildman–Crippen MR) is 85.8 cm³/mol. The number of rotatable bonds is 5. The molecule has 0 saturated carbocycles. The third-order valence-corrected chi connectivity index (χ3v) is 3.73. The minimum absolute atomic E-state index is 0.521. The van der Waals surface area contributed by atoms with Crippen LogP contribution in [0.4, 0.5) is 16.3 Å². The van der Waals surface area contributed by atoms with Crippen molar-refractivity contribution in [2.24, 2.45) is 0 Å². The SMILES string of the molecule is COC(=O)Nc1ccc2c(NCCN3CCOCC3)noc2c1. The summed E-state index contributed by atoms with van der Waals surface area (Å²) in [6, 6.07) is 5.35. The summed E-state index contributed by atoms with van der Waals surface area (Å²) >= 11 is 0. The number of amides is 1. The van der Waals surface area contributed by atoms with Gasteiger partial charge in [0.15, 0.2) is 11.4 Å². The Morgan fingerprint density at radius 1 is 1.39 bits per heavy atom. The molecule has 1 aromatic carbocycles. The number of fused-ring (bicyclic) bond motifs is 1. The average Bonchev–Trinajstić information content (AvgIpc) is 2.98. The smallest absolute Gasteiger partial charge is 0.411 e. The molecule has 0 unspecified atom stereocenters. The standard InChI is InChI=1S/C15H20N4O4/c1-21-15(20)17-11-2-3-12-13(10-11)23-18-14(12)16-4-5-19-6-8-22-9-7-19/h2-3,10H,4-9H2,1H3,(H,16,18)(H,17,20). The molecule has 0 aliphatic carbocycles. The van der Waals surface area contributed by atoms with Crippen molar-refractivity contribution in [3.63, 3.8) is 0 Å². The van der Waals surface area contributed by atoms with E-state index in [0.29, 0.717) is 17.1 Å². The Bertz CT molecular complexity index is 667. The van der Waals surface area contributed by atoms with Crippen molar-refractivity contribution >= 4 is 28.6 Å². The molecule has 1 fully saturated rings. The Morgan fingerprint density at radius 2 is 2.22 bits per heavy atom. The molecule has 124 valence electrons. The highest BCUT2D eigenvalue weighted by atomic mass is 16.5. The first-order valence-corrected chi connectivity index (χ1v) is 7.54. The molecule has 1 aromatic heterocycles. The lowest BCUT2D eigenvalue weighted by atomic mass is 10.2. The van der Waals surface area contributed by atoms with Gasteiger partial charge in [-0.05, 0) is 12.1 Å². The molecule has 1 aliphatic heterocycles. The quantitative estimate of drug-likeness (QED) is 0.867. The molecule has 8 heteroatoms. The fourth-order valence-corrected chi connectivity index (χ4v) is 2.47. The van der Waals surface area contributed by atoms with Gasteiger partial charge in [-0.3, -0.25) is 10.2 Å². The highest BCUT2D eigenvalue weighted by Crippen LogP contribution is 2.25. The summed E-state index contributed by atoms with van der Waals surface area (Å²) in [5, 5.41) is 10.8. The van der Waals surface area contributed by atoms with Crippen molar-refractivity contribution in [2.75, 3.05) is 57.1 Å². The molecule has 1 aliphatic rings. The minimum Gasteiger partial charge on any atom is -0.453 e. The summed E-state index contributed by atoms with van der Waals surface area (Å²) in [5.74, 6) is 0.706. The molecule has 23 heavy (non-hydrogen) atoms. The lowest BCUT2D eigenvalue weighted by Crippen LogP contribution is -2.39. The molecular formula is C15H20N4O4. The Hall–Kier alpha value is -2.32. The number of aromatic nitrogens is 1. The van der Waals surface area contributed by atoms with Crippen LogP contribution in [0.1, 0.15) is 0 Å². The molecular weight excluding hydrogens is 300 g/mol. The predicted octanol–water partition coefficient (Wildman–Crippen LogP) is 1.75. The second-order valence-corrected chi connectivity index (χ2v) is 5.24. The van der Waals surface area contributed by atoms with Gasteiger partial charge in [0.05, 0.1) is 25.7 Å². The number of benzene rings is 1. The topological polar surface area (TPSA) is 88.9 Å². The third-order valence-electron chi connectivity index (χ3n) is 3.73. The molecule has 3 rings (SSSR count). The molecule has 2 heterocycles. The van der Waals surface area contributed by atoms with Gasteiger partial charge in [-0.15, -0.1) is 0 Å². The average molecular weight is 320 g/mol. The number of nitrogens with one attached hydrogen (secondary N) is 2. The first-order chi connectivity index (χ1) is 11.3. The zero-order valence-corrected chi connectivity index (χ0v) is 13.0. The number of anilines is 2. The van der Waals surface area contributed by atoms with Crippen LogP contribution in [-0.2, 0) is 9.47 Å². The van der Waals surface area contributed by atoms with Gasteiger partial charge >= 0.3 is 6.09 Å². The van der Waals surface area contributed by atoms with E-state index in [1.54, 1.807) is 12.1 Å². The summed E-state index contributed by atoms with van der Waals surface area (Å²) < 4.78 is 15.2. The second kappa shape index (κ2) is 7.30. The summed E-state index contributed by atoms with van der Waals surface area (Å²) in [7, 11) is 1.32. The normalized spacial score (nSPS) is 15.5. The summed E-state index contributed by atoms with van der Waals surface area (Å²) in [6.07, 6.45) is -0.521. The summed E-state index contributed by atoms with van der Waals surface area (Å²) in [4.78, 5) is 13.6. The van der Waals surface area contributed by atoms with Crippen LogP contribution in [0, 0.1) is 0 Å². The van der Waals surface area contributed by atoms with E-state index in [-0.39, 0.29) is 0 Å². The first-order valence-electron chi connectivity index (χ1n) is 7.54. The number of nitrogens with zero attached hydrogens (tertiary/aromatic N) is 2. The molecule has 2 aromatic rings. The summed E-state index contributed by atoms with van der Waals surface area (Å²) in [5.41, 5.74) is 1.20. The molecule has 2 N–H and O–H groups in total.